The second-order valence-corrected chi connectivity index (χ2v) is 18.9. The fourth-order valence-electron chi connectivity index (χ4n) is 6.48. The number of aliphatic hydroxyl groups excluding tert-OH is 2. The van der Waals surface area contributed by atoms with E-state index in [2.05, 4.69) is 21.2 Å². The predicted octanol–water partition coefficient (Wildman–Crippen LogP) is 7.91. The number of carboxylic acid groups (broad SMARTS) is 2. The number of aliphatic carboxylic acids is 2. The lowest BCUT2D eigenvalue weighted by Gasteiger charge is -2.29. The average molecular weight is 997 g/mol. The van der Waals surface area contributed by atoms with Gasteiger partial charge in [-0.25, -0.2) is 13.6 Å². The first-order valence-electron chi connectivity index (χ1n) is 20.2. The molecule has 0 aliphatic rings. The van der Waals surface area contributed by atoms with Crippen LogP contribution in [0, 0.1) is 28.4 Å². The molecule has 0 saturated carbocycles. The number of carbonyl (C=O) groups excluding carboxylic acids is 1. The highest BCUT2D eigenvalue weighted by Gasteiger charge is 2.37. The van der Waals surface area contributed by atoms with Crippen molar-refractivity contribution in [3.05, 3.63) is 122 Å². The van der Waals surface area contributed by atoms with E-state index in [1.54, 1.807) is 58.8 Å². The maximum absolute atomic E-state index is 14.1. The zero-order valence-electron chi connectivity index (χ0n) is 36.5. The molecule has 0 aliphatic heterocycles. The van der Waals surface area contributed by atoms with Crippen molar-refractivity contribution in [2.24, 2.45) is 16.7 Å². The minimum Gasteiger partial charge on any atom is -0.481 e. The van der Waals surface area contributed by atoms with E-state index in [0.717, 1.165) is 21.7 Å². The van der Waals surface area contributed by atoms with Gasteiger partial charge in [-0.05, 0) is 138 Å². The van der Waals surface area contributed by atoms with Crippen molar-refractivity contribution in [3.63, 3.8) is 0 Å². The van der Waals surface area contributed by atoms with Crippen LogP contribution in [-0.2, 0) is 27.2 Å². The number of carbonyl (C=O) groups is 3. The molecule has 0 spiro atoms. The summed E-state index contributed by atoms with van der Waals surface area (Å²) >= 11 is 14.8. The quantitative estimate of drug-likeness (QED) is 0.0476. The molecule has 12 nitrogen and oxygen atoms in total. The molecule has 19 heteroatoms. The third-order valence-electron chi connectivity index (χ3n) is 9.91. The topological polar surface area (TPSA) is 214 Å². The van der Waals surface area contributed by atoms with Gasteiger partial charge in [0.05, 0.1) is 24.0 Å². The summed E-state index contributed by atoms with van der Waals surface area (Å²) in [4.78, 5) is 35.3. The maximum atomic E-state index is 14.1. The number of halogens is 5. The smallest absolute Gasteiger partial charge is 0.481 e. The van der Waals surface area contributed by atoms with Crippen LogP contribution < -0.4 is 10.8 Å². The van der Waals surface area contributed by atoms with E-state index < -0.39 is 79.4 Å². The molecule has 0 aromatic heterocycles. The molecule has 0 unspecified atom stereocenters. The van der Waals surface area contributed by atoms with Gasteiger partial charge in [-0.15, -0.1) is 0 Å². The number of rotatable bonds is 17. The Morgan fingerprint density at radius 2 is 1.22 bits per heavy atom. The minimum atomic E-state index is -1.81. The van der Waals surface area contributed by atoms with E-state index in [1.807, 2.05) is 24.3 Å². The fourth-order valence-corrected chi connectivity index (χ4v) is 7.10. The van der Waals surface area contributed by atoms with Crippen molar-refractivity contribution < 1.29 is 63.4 Å². The van der Waals surface area contributed by atoms with E-state index in [4.69, 9.17) is 38.0 Å². The van der Waals surface area contributed by atoms with Crippen molar-refractivity contribution in [2.45, 2.75) is 85.1 Å². The van der Waals surface area contributed by atoms with Crippen LogP contribution in [0.4, 0.5) is 13.6 Å². The molecule has 4 atom stereocenters. The zero-order valence-corrected chi connectivity index (χ0v) is 39.6. The van der Waals surface area contributed by atoms with Crippen LogP contribution in [0.25, 0.3) is 11.1 Å². The number of amides is 1. The van der Waals surface area contributed by atoms with Gasteiger partial charge in [0.15, 0.2) is 0 Å². The lowest BCUT2D eigenvalue weighted by atomic mass is 9.60. The third kappa shape index (κ3) is 19.2. The number of benzene rings is 4. The van der Waals surface area contributed by atoms with Crippen LogP contribution in [0.5, 0.6) is 0 Å². The molecule has 64 heavy (non-hydrogen) atoms. The average Bonchev–Trinajstić information content (AvgIpc) is 3.20. The van der Waals surface area contributed by atoms with Crippen LogP contribution in [0.3, 0.4) is 0 Å². The van der Waals surface area contributed by atoms with Crippen molar-refractivity contribution in [3.8, 4) is 11.1 Å². The molecule has 4 aromatic carbocycles. The van der Waals surface area contributed by atoms with Crippen LogP contribution in [0.2, 0.25) is 23.2 Å². The van der Waals surface area contributed by atoms with Gasteiger partial charge in [-0.3, -0.25) is 9.59 Å². The van der Waals surface area contributed by atoms with Gasteiger partial charge < -0.3 is 45.6 Å². The normalized spacial score (nSPS) is 13.9. The van der Waals surface area contributed by atoms with Gasteiger partial charge in [0.1, 0.15) is 17.2 Å². The second-order valence-electron chi connectivity index (χ2n) is 17.1. The summed E-state index contributed by atoms with van der Waals surface area (Å²) in [5, 5.41) is 68.1. The molecular weight excluding hydrogens is 941 g/mol. The molecule has 0 aliphatic carbocycles. The molecule has 0 saturated heterocycles. The number of nitrogens with one attached hydrogen (secondary N) is 1. The van der Waals surface area contributed by atoms with Crippen LogP contribution in [-0.4, -0.2) is 92.4 Å². The van der Waals surface area contributed by atoms with Gasteiger partial charge in [-0.1, -0.05) is 82.4 Å². The van der Waals surface area contributed by atoms with E-state index in [0.29, 0.717) is 41.7 Å². The Bertz CT molecular complexity index is 2130. The summed E-state index contributed by atoms with van der Waals surface area (Å²) in [6.07, 6.45) is 1.13. The van der Waals surface area contributed by atoms with Gasteiger partial charge in [0, 0.05) is 31.6 Å². The summed E-state index contributed by atoms with van der Waals surface area (Å²) in [5.74, 6) is -3.24. The number of carboxylic acids is 2. The number of aliphatic hydroxyl groups is 2. The highest BCUT2D eigenvalue weighted by molar-refractivity contribution is 9.10. The minimum absolute atomic E-state index is 0.000532. The highest BCUT2D eigenvalue weighted by atomic mass is 79.9. The van der Waals surface area contributed by atoms with Crippen molar-refractivity contribution in [1.82, 2.24) is 5.32 Å². The Hall–Kier alpha value is -4.06. The Kier molecular flexibility index (Phi) is 22.4. The molecule has 348 valence electrons. The SMILES string of the molecule is CB(O)C[C@H](Cc1ccc(Br)cc1)C[C@@](C)(CO)C(=O)O.CC(C)(C)OC(=O)N[C@H](Cc1ccc(-c2cc(Cl)ccc2F)cc1)C[C@@](C)(CO)C(=O)O.OB(O)c1cc(Cl)ccc1F. The summed E-state index contributed by atoms with van der Waals surface area (Å²) in [7, 11) is -1.81. The number of hydrogen-bond acceptors (Lipinski definition) is 9. The molecule has 1 amide bonds. The van der Waals surface area contributed by atoms with Crippen LogP contribution in [0.1, 0.15) is 58.6 Å². The predicted molar refractivity (Wildman–Crippen MR) is 250 cm³/mol. The second kappa shape index (κ2) is 25.6. The zero-order chi connectivity index (χ0) is 48.6. The standard InChI is InChI=1S/C24H29ClFNO5.C15H22BBrO4.C6H5BClFO2/c1-23(2,3)32-22(31)27-18(13-24(4,14-28)21(29)30)11-15-5-7-16(8-6-15)19-12-17(25)9-10-20(19)26;1-15(10-18,14(19)20)8-12(9-16(2)21)7-11-3-5-13(17)6-4-11;8-4-1-2-6(9)5(3-4)7(10)11/h5-10,12,18,28H,11,13-14H2,1-4H3,(H,27,31)(H,29,30);3-6,12,18,21H,7-10H2,1-2H3,(H,19,20);1-3,10-11H/t18-,24+;12-,15+;/m11./s1. The third-order valence-corrected chi connectivity index (χ3v) is 10.9. The van der Waals surface area contributed by atoms with Crippen molar-refractivity contribution in [1.29, 1.82) is 0 Å². The van der Waals surface area contributed by atoms with Crippen molar-refractivity contribution in [2.75, 3.05) is 13.2 Å². The van der Waals surface area contributed by atoms with Gasteiger partial charge >= 0.3 is 25.2 Å². The monoisotopic (exact) mass is 995 g/mol. The highest BCUT2D eigenvalue weighted by Crippen LogP contribution is 2.32. The Morgan fingerprint density at radius 3 is 1.69 bits per heavy atom. The largest absolute Gasteiger partial charge is 0.491 e. The van der Waals surface area contributed by atoms with E-state index in [-0.39, 0.29) is 22.8 Å². The fraction of sp³-hybridized carbons (Fsp3) is 0.400. The maximum Gasteiger partial charge on any atom is 0.491 e. The van der Waals surface area contributed by atoms with Gasteiger partial charge in [0.2, 0.25) is 0 Å². The molecule has 0 fully saturated rings. The Labute approximate surface area is 392 Å². The van der Waals surface area contributed by atoms with E-state index in [1.165, 1.54) is 37.3 Å². The first-order valence-corrected chi connectivity index (χ1v) is 21.7. The van der Waals surface area contributed by atoms with Crippen molar-refractivity contribution >= 4 is 76.7 Å². The summed E-state index contributed by atoms with van der Waals surface area (Å²) in [5.41, 5.74) is -0.652. The molecule has 4 rings (SSSR count). The first-order chi connectivity index (χ1) is 29.7. The lowest BCUT2D eigenvalue weighted by Crippen LogP contribution is -2.45. The summed E-state index contributed by atoms with van der Waals surface area (Å²) in [6, 6.07) is 22.1. The summed E-state index contributed by atoms with van der Waals surface area (Å²) < 4.78 is 33.1. The molecule has 0 heterocycles. The number of ether oxygens (including phenoxy) is 1. The number of alkyl carbamates (subject to hydrolysis) is 1. The van der Waals surface area contributed by atoms with E-state index in [9.17, 15) is 48.6 Å². The first kappa shape index (κ1) is 56.1. The number of hydrogen-bond donors (Lipinski definition) is 8. The molecular formula is C45H56B2BrCl2F2NO11. The van der Waals surface area contributed by atoms with Gasteiger partial charge in [-0.2, -0.15) is 0 Å². The molecule has 0 radical (unpaired) electrons. The van der Waals surface area contributed by atoms with Crippen LogP contribution in [0.15, 0.2) is 89.4 Å². The molecule has 4 aromatic rings. The Balaban J connectivity index is 0.000000374. The van der Waals surface area contributed by atoms with Gasteiger partial charge in [0.25, 0.3) is 6.92 Å². The Morgan fingerprint density at radius 1 is 0.734 bits per heavy atom. The molecule has 0 bridgehead atoms. The van der Waals surface area contributed by atoms with E-state index >= 15 is 0 Å². The summed E-state index contributed by atoms with van der Waals surface area (Å²) in [6.45, 7) is 8.36. The lowest BCUT2D eigenvalue weighted by molar-refractivity contribution is -0.152. The van der Waals surface area contributed by atoms with Crippen LogP contribution >= 0.6 is 39.1 Å². The molecule has 8 N–H and O–H groups in total.